The summed E-state index contributed by atoms with van der Waals surface area (Å²) < 4.78 is 45.0. The summed E-state index contributed by atoms with van der Waals surface area (Å²) in [7, 11) is 0. The summed E-state index contributed by atoms with van der Waals surface area (Å²) in [6, 6.07) is 5.82. The average Bonchev–Trinajstić information content (AvgIpc) is 2.23. The SMILES string of the molecule is CCCCOCc1cccc(OC(F)(F)F)c1. The second-order valence-electron chi connectivity index (χ2n) is 3.60. The van der Waals surface area contributed by atoms with Gasteiger partial charge in [0.05, 0.1) is 6.61 Å². The molecule has 0 aliphatic carbocycles. The summed E-state index contributed by atoms with van der Waals surface area (Å²) in [6.45, 7) is 2.96. The average molecular weight is 248 g/mol. The van der Waals surface area contributed by atoms with Crippen LogP contribution in [0, 0.1) is 0 Å². The highest BCUT2D eigenvalue weighted by molar-refractivity contribution is 5.28. The van der Waals surface area contributed by atoms with Crippen LogP contribution in [0.1, 0.15) is 25.3 Å². The van der Waals surface area contributed by atoms with Crippen molar-refractivity contribution in [1.82, 2.24) is 0 Å². The molecule has 0 radical (unpaired) electrons. The van der Waals surface area contributed by atoms with Crippen LogP contribution in [-0.2, 0) is 11.3 Å². The molecule has 0 amide bonds. The van der Waals surface area contributed by atoms with Crippen LogP contribution < -0.4 is 4.74 Å². The number of ether oxygens (including phenoxy) is 2. The van der Waals surface area contributed by atoms with Crippen LogP contribution in [0.3, 0.4) is 0 Å². The van der Waals surface area contributed by atoms with E-state index in [4.69, 9.17) is 4.74 Å². The zero-order valence-electron chi connectivity index (χ0n) is 9.59. The number of hydrogen-bond acceptors (Lipinski definition) is 2. The molecule has 0 saturated carbocycles. The van der Waals surface area contributed by atoms with E-state index in [9.17, 15) is 13.2 Å². The van der Waals surface area contributed by atoms with E-state index < -0.39 is 6.36 Å². The lowest BCUT2D eigenvalue weighted by atomic mass is 10.2. The van der Waals surface area contributed by atoms with Crippen molar-refractivity contribution >= 4 is 0 Å². The molecule has 0 heterocycles. The molecule has 1 rings (SSSR count). The van der Waals surface area contributed by atoms with E-state index in [2.05, 4.69) is 4.74 Å². The van der Waals surface area contributed by atoms with Gasteiger partial charge >= 0.3 is 6.36 Å². The molecule has 0 fully saturated rings. The zero-order valence-corrected chi connectivity index (χ0v) is 9.59. The molecule has 0 N–H and O–H groups in total. The number of halogens is 3. The summed E-state index contributed by atoms with van der Waals surface area (Å²) in [4.78, 5) is 0. The largest absolute Gasteiger partial charge is 0.573 e. The van der Waals surface area contributed by atoms with Crippen LogP contribution in [0.2, 0.25) is 0 Å². The molecule has 0 spiro atoms. The first-order chi connectivity index (χ1) is 8.01. The molecule has 0 atom stereocenters. The van der Waals surface area contributed by atoms with Gasteiger partial charge in [-0.15, -0.1) is 13.2 Å². The van der Waals surface area contributed by atoms with E-state index in [-0.39, 0.29) is 5.75 Å². The van der Waals surface area contributed by atoms with Crippen molar-refractivity contribution < 1.29 is 22.6 Å². The molecular weight excluding hydrogens is 233 g/mol. The molecule has 1 aromatic rings. The predicted octanol–water partition coefficient (Wildman–Crippen LogP) is 3.90. The van der Waals surface area contributed by atoms with Crippen molar-refractivity contribution in [2.75, 3.05) is 6.61 Å². The van der Waals surface area contributed by atoms with Gasteiger partial charge in [0.15, 0.2) is 0 Å². The monoisotopic (exact) mass is 248 g/mol. The molecule has 1 aromatic carbocycles. The fourth-order valence-electron chi connectivity index (χ4n) is 1.27. The van der Waals surface area contributed by atoms with Crippen LogP contribution >= 0.6 is 0 Å². The Bertz CT molecular complexity index is 337. The van der Waals surface area contributed by atoms with Crippen molar-refractivity contribution in [1.29, 1.82) is 0 Å². The maximum atomic E-state index is 12.0. The van der Waals surface area contributed by atoms with Gasteiger partial charge in [0.2, 0.25) is 0 Å². The third-order valence-corrected chi connectivity index (χ3v) is 2.04. The number of rotatable bonds is 6. The number of hydrogen-bond donors (Lipinski definition) is 0. The number of benzene rings is 1. The maximum Gasteiger partial charge on any atom is 0.573 e. The van der Waals surface area contributed by atoms with Crippen LogP contribution in [0.25, 0.3) is 0 Å². The third kappa shape index (κ3) is 6.16. The van der Waals surface area contributed by atoms with Gasteiger partial charge in [-0.25, -0.2) is 0 Å². The molecule has 2 nitrogen and oxygen atoms in total. The predicted molar refractivity (Wildman–Crippen MR) is 57.7 cm³/mol. The van der Waals surface area contributed by atoms with Gasteiger partial charge in [-0.05, 0) is 24.1 Å². The molecule has 17 heavy (non-hydrogen) atoms. The Morgan fingerprint density at radius 1 is 1.24 bits per heavy atom. The Labute approximate surface area is 98.3 Å². The molecule has 0 bridgehead atoms. The fourth-order valence-corrected chi connectivity index (χ4v) is 1.27. The minimum atomic E-state index is -4.65. The third-order valence-electron chi connectivity index (χ3n) is 2.04. The summed E-state index contributed by atoms with van der Waals surface area (Å²) in [5.74, 6) is -0.214. The first kappa shape index (κ1) is 13.8. The molecule has 0 saturated heterocycles. The van der Waals surface area contributed by atoms with Crippen molar-refractivity contribution in [2.24, 2.45) is 0 Å². The molecule has 0 unspecified atom stereocenters. The highest BCUT2D eigenvalue weighted by Gasteiger charge is 2.31. The standard InChI is InChI=1S/C12H15F3O2/c1-2-3-7-16-9-10-5-4-6-11(8-10)17-12(13,14)15/h4-6,8H,2-3,7,9H2,1H3. The second kappa shape index (κ2) is 6.49. The normalized spacial score (nSPS) is 11.5. The van der Waals surface area contributed by atoms with E-state index in [1.807, 2.05) is 6.92 Å². The minimum Gasteiger partial charge on any atom is -0.406 e. The lowest BCUT2D eigenvalue weighted by Gasteiger charge is -2.10. The smallest absolute Gasteiger partial charge is 0.406 e. The van der Waals surface area contributed by atoms with E-state index in [1.165, 1.54) is 18.2 Å². The Kier molecular flexibility index (Phi) is 5.28. The quantitative estimate of drug-likeness (QED) is 0.711. The van der Waals surface area contributed by atoms with Gasteiger partial charge in [0.25, 0.3) is 0 Å². The summed E-state index contributed by atoms with van der Waals surface area (Å²) in [6.07, 6.45) is -2.68. The maximum absolute atomic E-state index is 12.0. The summed E-state index contributed by atoms with van der Waals surface area (Å²) in [5.41, 5.74) is 0.669. The molecule has 0 aromatic heterocycles. The molecule has 0 aliphatic rings. The zero-order chi connectivity index (χ0) is 12.7. The summed E-state index contributed by atoms with van der Waals surface area (Å²) in [5, 5.41) is 0. The lowest BCUT2D eigenvalue weighted by Crippen LogP contribution is -2.17. The highest BCUT2D eigenvalue weighted by atomic mass is 19.4. The Balaban J connectivity index is 2.48. The van der Waals surface area contributed by atoms with Gasteiger partial charge in [-0.1, -0.05) is 25.5 Å². The van der Waals surface area contributed by atoms with Crippen molar-refractivity contribution in [3.8, 4) is 5.75 Å². The van der Waals surface area contributed by atoms with Gasteiger partial charge in [-0.2, -0.15) is 0 Å². The van der Waals surface area contributed by atoms with E-state index >= 15 is 0 Å². The van der Waals surface area contributed by atoms with E-state index in [0.29, 0.717) is 18.8 Å². The van der Waals surface area contributed by atoms with Crippen LogP contribution in [0.15, 0.2) is 24.3 Å². The Morgan fingerprint density at radius 3 is 2.65 bits per heavy atom. The Morgan fingerprint density at radius 2 is 2.00 bits per heavy atom. The molecule has 5 heteroatoms. The van der Waals surface area contributed by atoms with Crippen LogP contribution in [0.5, 0.6) is 5.75 Å². The first-order valence-corrected chi connectivity index (χ1v) is 5.43. The molecule has 96 valence electrons. The topological polar surface area (TPSA) is 18.5 Å². The van der Waals surface area contributed by atoms with Crippen molar-refractivity contribution in [3.05, 3.63) is 29.8 Å². The van der Waals surface area contributed by atoms with Crippen LogP contribution in [-0.4, -0.2) is 13.0 Å². The van der Waals surface area contributed by atoms with Gasteiger partial charge in [0.1, 0.15) is 5.75 Å². The van der Waals surface area contributed by atoms with E-state index in [0.717, 1.165) is 12.8 Å². The van der Waals surface area contributed by atoms with E-state index in [1.54, 1.807) is 6.07 Å². The van der Waals surface area contributed by atoms with Gasteiger partial charge in [0, 0.05) is 6.61 Å². The van der Waals surface area contributed by atoms with Gasteiger partial charge in [-0.3, -0.25) is 0 Å². The van der Waals surface area contributed by atoms with Crippen LogP contribution in [0.4, 0.5) is 13.2 Å². The summed E-state index contributed by atoms with van der Waals surface area (Å²) >= 11 is 0. The highest BCUT2D eigenvalue weighted by Crippen LogP contribution is 2.23. The molecular formula is C12H15F3O2. The number of unbranched alkanes of at least 4 members (excludes halogenated alkanes) is 1. The minimum absolute atomic E-state index is 0.214. The second-order valence-corrected chi connectivity index (χ2v) is 3.60. The van der Waals surface area contributed by atoms with Gasteiger partial charge < -0.3 is 9.47 Å². The first-order valence-electron chi connectivity index (χ1n) is 5.43. The fraction of sp³-hybridized carbons (Fsp3) is 0.500. The Hall–Kier alpha value is -1.23. The molecule has 0 aliphatic heterocycles. The number of alkyl halides is 3. The lowest BCUT2D eigenvalue weighted by molar-refractivity contribution is -0.274. The van der Waals surface area contributed by atoms with Crippen molar-refractivity contribution in [2.45, 2.75) is 32.7 Å². The van der Waals surface area contributed by atoms with Crippen molar-refractivity contribution in [3.63, 3.8) is 0 Å².